The summed E-state index contributed by atoms with van der Waals surface area (Å²) in [7, 11) is 0. The van der Waals surface area contributed by atoms with Crippen LogP contribution in [0, 0.1) is 13.8 Å². The molecule has 84 valence electrons. The summed E-state index contributed by atoms with van der Waals surface area (Å²) in [5.74, 6) is 0. The number of para-hydroxylation sites is 1. The first-order valence-corrected chi connectivity index (χ1v) is 5.59. The van der Waals surface area contributed by atoms with Gasteiger partial charge < -0.3 is 4.42 Å². The molecule has 0 saturated carbocycles. The Labute approximate surface area is 98.5 Å². The van der Waals surface area contributed by atoms with E-state index in [4.69, 9.17) is 4.42 Å². The molecule has 0 unspecified atom stereocenters. The van der Waals surface area contributed by atoms with Crippen LogP contribution in [-0.2, 0) is 0 Å². The summed E-state index contributed by atoms with van der Waals surface area (Å²) in [5, 5.41) is 1.30. The van der Waals surface area contributed by atoms with E-state index in [1.54, 1.807) is 0 Å². The molecule has 0 amide bonds. The highest BCUT2D eigenvalue weighted by atomic mass is 16.3. The van der Waals surface area contributed by atoms with Gasteiger partial charge in [0.25, 0.3) is 0 Å². The lowest BCUT2D eigenvalue weighted by molar-refractivity contribution is 0.656. The molecule has 0 fully saturated rings. The molecule has 2 nitrogen and oxygen atoms in total. The molecular weight excluding hydrogens is 212 g/mol. The van der Waals surface area contributed by atoms with Gasteiger partial charge in [-0.15, -0.1) is 0 Å². The summed E-state index contributed by atoms with van der Waals surface area (Å²) in [6.07, 6.45) is 0. The first kappa shape index (κ1) is 10.1. The van der Waals surface area contributed by atoms with Gasteiger partial charge in [-0.1, -0.05) is 18.2 Å². The SMILES string of the molecule is Cc1ccc2c(=O)c3cccc(C)c3oc2c1. The second-order valence-electron chi connectivity index (χ2n) is 4.38. The third kappa shape index (κ3) is 1.45. The Morgan fingerprint density at radius 1 is 1.00 bits per heavy atom. The van der Waals surface area contributed by atoms with Gasteiger partial charge in [0.1, 0.15) is 11.2 Å². The smallest absolute Gasteiger partial charge is 0.200 e. The molecule has 0 radical (unpaired) electrons. The third-order valence-electron chi connectivity index (χ3n) is 3.05. The van der Waals surface area contributed by atoms with E-state index >= 15 is 0 Å². The van der Waals surface area contributed by atoms with Crippen LogP contribution in [0.5, 0.6) is 0 Å². The Morgan fingerprint density at radius 3 is 2.65 bits per heavy atom. The topological polar surface area (TPSA) is 30.2 Å². The minimum atomic E-state index is 0.0463. The van der Waals surface area contributed by atoms with Crippen molar-refractivity contribution in [2.75, 3.05) is 0 Å². The predicted molar refractivity (Wildman–Crippen MR) is 69.5 cm³/mol. The number of rotatable bonds is 0. The summed E-state index contributed by atoms with van der Waals surface area (Å²) in [4.78, 5) is 12.3. The third-order valence-corrected chi connectivity index (χ3v) is 3.05. The van der Waals surface area contributed by atoms with Crippen molar-refractivity contribution in [1.29, 1.82) is 0 Å². The zero-order chi connectivity index (χ0) is 12.0. The second-order valence-corrected chi connectivity index (χ2v) is 4.38. The van der Waals surface area contributed by atoms with E-state index in [2.05, 4.69) is 0 Å². The van der Waals surface area contributed by atoms with Crippen molar-refractivity contribution in [2.45, 2.75) is 13.8 Å². The van der Waals surface area contributed by atoms with E-state index in [1.807, 2.05) is 50.2 Å². The molecule has 2 aromatic carbocycles. The Bertz CT molecular complexity index is 782. The highest BCUT2D eigenvalue weighted by Crippen LogP contribution is 2.21. The van der Waals surface area contributed by atoms with Gasteiger partial charge >= 0.3 is 0 Å². The highest BCUT2D eigenvalue weighted by Gasteiger charge is 2.08. The standard InChI is InChI=1S/C15H12O2/c1-9-6-7-11-13(8-9)17-15-10(2)4-3-5-12(15)14(11)16/h3-8H,1-2H3. The fourth-order valence-electron chi connectivity index (χ4n) is 2.12. The van der Waals surface area contributed by atoms with Crippen molar-refractivity contribution >= 4 is 21.9 Å². The number of hydrogen-bond acceptors (Lipinski definition) is 2. The van der Waals surface area contributed by atoms with E-state index < -0.39 is 0 Å². The van der Waals surface area contributed by atoms with Crippen LogP contribution >= 0.6 is 0 Å². The van der Waals surface area contributed by atoms with Gasteiger partial charge in [0.05, 0.1) is 10.8 Å². The molecule has 0 aliphatic rings. The molecule has 0 spiro atoms. The average molecular weight is 224 g/mol. The van der Waals surface area contributed by atoms with Gasteiger partial charge in [-0.25, -0.2) is 0 Å². The quantitative estimate of drug-likeness (QED) is 0.546. The van der Waals surface area contributed by atoms with Crippen molar-refractivity contribution in [2.24, 2.45) is 0 Å². The van der Waals surface area contributed by atoms with Crippen LogP contribution in [-0.4, -0.2) is 0 Å². The van der Waals surface area contributed by atoms with E-state index in [0.717, 1.165) is 11.1 Å². The average Bonchev–Trinajstić information content (AvgIpc) is 2.30. The second kappa shape index (κ2) is 3.45. The van der Waals surface area contributed by atoms with Gasteiger partial charge in [0.15, 0.2) is 0 Å². The first-order chi connectivity index (χ1) is 8.16. The highest BCUT2D eigenvalue weighted by molar-refractivity contribution is 5.91. The fraction of sp³-hybridized carbons (Fsp3) is 0.133. The van der Waals surface area contributed by atoms with Crippen LogP contribution in [0.1, 0.15) is 11.1 Å². The minimum Gasteiger partial charge on any atom is -0.456 e. The summed E-state index contributed by atoms with van der Waals surface area (Å²) < 4.78 is 5.84. The first-order valence-electron chi connectivity index (χ1n) is 5.59. The molecule has 0 aliphatic heterocycles. The molecule has 1 aromatic heterocycles. The maximum atomic E-state index is 12.3. The lowest BCUT2D eigenvalue weighted by atomic mass is 10.1. The van der Waals surface area contributed by atoms with Crippen molar-refractivity contribution in [3.8, 4) is 0 Å². The molecule has 3 rings (SSSR count). The Balaban J connectivity index is 2.62. The van der Waals surface area contributed by atoms with Gasteiger partial charge in [-0.3, -0.25) is 4.79 Å². The molecule has 2 heteroatoms. The largest absolute Gasteiger partial charge is 0.456 e. The van der Waals surface area contributed by atoms with Crippen LogP contribution in [0.2, 0.25) is 0 Å². The summed E-state index contributed by atoms with van der Waals surface area (Å²) in [6.45, 7) is 3.94. The Kier molecular flexibility index (Phi) is 2.05. The maximum Gasteiger partial charge on any atom is 0.200 e. The van der Waals surface area contributed by atoms with Crippen molar-refractivity contribution < 1.29 is 4.42 Å². The van der Waals surface area contributed by atoms with Crippen LogP contribution in [0.3, 0.4) is 0 Å². The number of fused-ring (bicyclic) bond motifs is 2. The molecule has 0 atom stereocenters. The molecule has 1 heterocycles. The van der Waals surface area contributed by atoms with Crippen LogP contribution < -0.4 is 5.43 Å². The van der Waals surface area contributed by atoms with E-state index in [9.17, 15) is 4.79 Å². The van der Waals surface area contributed by atoms with Crippen LogP contribution in [0.25, 0.3) is 21.9 Å². The van der Waals surface area contributed by atoms with E-state index in [0.29, 0.717) is 21.9 Å². The van der Waals surface area contributed by atoms with Gasteiger partial charge in [-0.2, -0.15) is 0 Å². The molecule has 17 heavy (non-hydrogen) atoms. The fourth-order valence-corrected chi connectivity index (χ4v) is 2.12. The zero-order valence-electron chi connectivity index (χ0n) is 9.78. The normalized spacial score (nSPS) is 11.2. The van der Waals surface area contributed by atoms with Crippen molar-refractivity contribution in [3.63, 3.8) is 0 Å². The summed E-state index contributed by atoms with van der Waals surface area (Å²) in [6, 6.07) is 11.3. The van der Waals surface area contributed by atoms with E-state index in [1.165, 1.54) is 0 Å². The number of benzene rings is 2. The van der Waals surface area contributed by atoms with Gasteiger partial charge in [0, 0.05) is 0 Å². The maximum absolute atomic E-state index is 12.3. The predicted octanol–water partition coefficient (Wildman–Crippen LogP) is 3.56. The monoisotopic (exact) mass is 224 g/mol. The number of aryl methyl sites for hydroxylation is 2. The molecule has 3 aromatic rings. The van der Waals surface area contributed by atoms with Crippen LogP contribution in [0.15, 0.2) is 45.6 Å². The molecule has 0 aliphatic carbocycles. The van der Waals surface area contributed by atoms with Crippen molar-refractivity contribution in [1.82, 2.24) is 0 Å². The van der Waals surface area contributed by atoms with Crippen LogP contribution in [0.4, 0.5) is 0 Å². The number of hydrogen-bond donors (Lipinski definition) is 0. The summed E-state index contributed by atoms with van der Waals surface area (Å²) in [5.41, 5.74) is 3.48. The Morgan fingerprint density at radius 2 is 1.82 bits per heavy atom. The van der Waals surface area contributed by atoms with Gasteiger partial charge in [0.2, 0.25) is 5.43 Å². The Hall–Kier alpha value is -2.09. The lowest BCUT2D eigenvalue weighted by Crippen LogP contribution is -2.02. The molecule has 0 N–H and O–H groups in total. The minimum absolute atomic E-state index is 0.0463. The van der Waals surface area contributed by atoms with Crippen molar-refractivity contribution in [3.05, 3.63) is 57.7 Å². The lowest BCUT2D eigenvalue weighted by Gasteiger charge is -2.04. The molecule has 0 saturated heterocycles. The zero-order valence-corrected chi connectivity index (χ0v) is 9.78. The molecule has 0 bridgehead atoms. The molecular formula is C15H12O2. The van der Waals surface area contributed by atoms with E-state index in [-0.39, 0.29) is 5.43 Å². The summed E-state index contributed by atoms with van der Waals surface area (Å²) >= 11 is 0. The van der Waals surface area contributed by atoms with Gasteiger partial charge in [-0.05, 0) is 43.2 Å².